The fourth-order valence-corrected chi connectivity index (χ4v) is 6.23. The quantitative estimate of drug-likeness (QED) is 0.102. The summed E-state index contributed by atoms with van der Waals surface area (Å²) in [5.41, 5.74) is 1.85. The minimum Gasteiger partial charge on any atom is -0.478 e. The van der Waals surface area contributed by atoms with Crippen LogP contribution in [0.4, 0.5) is 0 Å². The predicted octanol–water partition coefficient (Wildman–Crippen LogP) is 6.09. The number of carbonyl (C=O) groups excluding carboxylic acids is 3. The molecule has 1 aliphatic carbocycles. The first-order valence-electron chi connectivity index (χ1n) is 18.1. The van der Waals surface area contributed by atoms with Crippen LogP contribution in [0.2, 0.25) is 0 Å². The lowest BCUT2D eigenvalue weighted by Gasteiger charge is -2.21. The van der Waals surface area contributed by atoms with Gasteiger partial charge in [-0.1, -0.05) is 49.2 Å². The Morgan fingerprint density at radius 2 is 1.42 bits per heavy atom. The van der Waals surface area contributed by atoms with Gasteiger partial charge in [0.1, 0.15) is 12.0 Å². The van der Waals surface area contributed by atoms with Crippen LogP contribution in [-0.2, 0) is 35.3 Å². The molecule has 0 amide bonds. The van der Waals surface area contributed by atoms with Gasteiger partial charge in [0.2, 0.25) is 12.2 Å². The number of nitrogens with zero attached hydrogens (tertiary/aromatic N) is 6. The first-order chi connectivity index (χ1) is 27.3. The summed E-state index contributed by atoms with van der Waals surface area (Å²) >= 11 is 0. The Kier molecular flexibility index (Phi) is 13.5. The highest BCUT2D eigenvalue weighted by molar-refractivity contribution is 5.95. The van der Waals surface area contributed by atoms with E-state index in [9.17, 15) is 39.4 Å². The Morgan fingerprint density at radius 3 is 1.93 bits per heavy atom. The smallest absolute Gasteiger partial charge is 0.349 e. The highest BCUT2D eigenvalue weighted by Gasteiger charge is 2.41. The molecule has 0 aliphatic heterocycles. The number of esters is 3. The third kappa shape index (κ3) is 10.5. The second kappa shape index (κ2) is 18.6. The van der Waals surface area contributed by atoms with Gasteiger partial charge in [-0.25, -0.2) is 29.1 Å². The standard InChI is InChI=1S/C23H28N6O2.C18H14O8/c1-23(2,3)22(30)31-15-28-11-9-18-20(25-14-26-21(18)28)17-12-27-29(13-17)19(8-10-24)16-6-4-5-7-16;19-15(20)13(25-17(23)11-7-3-1-4-8-11)14(16(21)22)26-18(24)12-9-5-2-6-10-12/h9,11-14,16,19H,4-8,15H2,1-3H3;1-10,13-14H,(H,19,20)(H,21,22)/t19-;/m1./s1. The summed E-state index contributed by atoms with van der Waals surface area (Å²) < 4.78 is 18.7. The zero-order valence-corrected chi connectivity index (χ0v) is 31.6. The number of rotatable bonds is 13. The molecule has 1 saturated carbocycles. The fourth-order valence-electron chi connectivity index (χ4n) is 6.23. The van der Waals surface area contributed by atoms with E-state index < -0.39 is 41.5 Å². The van der Waals surface area contributed by atoms with Gasteiger partial charge in [-0.05, 0) is 69.9 Å². The van der Waals surface area contributed by atoms with Crippen molar-refractivity contribution in [3.8, 4) is 17.3 Å². The Hall–Kier alpha value is -6.89. The number of hydrogen-bond acceptors (Lipinski definition) is 12. The summed E-state index contributed by atoms with van der Waals surface area (Å²) in [6.07, 6.45) is 7.92. The largest absolute Gasteiger partial charge is 0.478 e. The van der Waals surface area contributed by atoms with Crippen LogP contribution in [0.15, 0.2) is 91.6 Å². The van der Waals surface area contributed by atoms with Crippen molar-refractivity contribution in [2.24, 2.45) is 11.3 Å². The lowest BCUT2D eigenvalue weighted by molar-refractivity contribution is -0.166. The van der Waals surface area contributed by atoms with Crippen LogP contribution in [-0.4, -0.2) is 76.6 Å². The molecular formula is C41H42N6O10. The summed E-state index contributed by atoms with van der Waals surface area (Å²) in [6, 6.07) is 19.2. The van der Waals surface area contributed by atoms with Gasteiger partial charge in [0.05, 0.1) is 47.0 Å². The van der Waals surface area contributed by atoms with E-state index in [1.807, 2.05) is 43.9 Å². The van der Waals surface area contributed by atoms with Gasteiger partial charge in [0.25, 0.3) is 0 Å². The number of fused-ring (bicyclic) bond motifs is 1. The van der Waals surface area contributed by atoms with Gasteiger partial charge in [0, 0.05) is 23.3 Å². The number of benzene rings is 2. The molecule has 2 unspecified atom stereocenters. The van der Waals surface area contributed by atoms with Crippen LogP contribution < -0.4 is 0 Å². The fraction of sp³-hybridized carbons (Fsp3) is 0.341. The first kappa shape index (κ1) is 41.3. The zero-order valence-electron chi connectivity index (χ0n) is 31.6. The summed E-state index contributed by atoms with van der Waals surface area (Å²) in [7, 11) is 0. The second-order valence-corrected chi connectivity index (χ2v) is 14.3. The lowest BCUT2D eigenvalue weighted by Crippen LogP contribution is -2.45. The minimum atomic E-state index is -2.21. The van der Waals surface area contributed by atoms with Crippen molar-refractivity contribution < 1.29 is 48.4 Å². The molecule has 0 spiro atoms. The maximum absolute atomic E-state index is 12.1. The van der Waals surface area contributed by atoms with Crippen molar-refractivity contribution in [2.45, 2.75) is 77.9 Å². The Balaban J connectivity index is 0.000000221. The normalized spacial score (nSPS) is 14.3. The minimum absolute atomic E-state index is 0.0253. The van der Waals surface area contributed by atoms with Gasteiger partial charge >= 0.3 is 29.8 Å². The van der Waals surface area contributed by atoms with Gasteiger partial charge in [-0.2, -0.15) is 10.4 Å². The molecule has 0 saturated heterocycles. The first-order valence-corrected chi connectivity index (χ1v) is 18.1. The topological polar surface area (TPSA) is 226 Å². The maximum atomic E-state index is 12.1. The van der Waals surface area contributed by atoms with Crippen LogP contribution in [0.1, 0.15) is 79.6 Å². The van der Waals surface area contributed by atoms with E-state index in [4.69, 9.17) is 14.2 Å². The van der Waals surface area contributed by atoms with Gasteiger partial charge < -0.3 is 24.4 Å². The van der Waals surface area contributed by atoms with Crippen LogP contribution in [0.3, 0.4) is 0 Å². The number of ether oxygens (including phenoxy) is 3. The van der Waals surface area contributed by atoms with E-state index in [1.54, 1.807) is 22.9 Å². The molecule has 1 aliphatic rings. The van der Waals surface area contributed by atoms with Crippen LogP contribution >= 0.6 is 0 Å². The van der Waals surface area contributed by atoms with E-state index in [-0.39, 0.29) is 29.9 Å². The summed E-state index contributed by atoms with van der Waals surface area (Å²) in [5.74, 6) is -5.40. The predicted molar refractivity (Wildman–Crippen MR) is 202 cm³/mol. The Labute approximate surface area is 327 Å². The molecule has 2 aromatic carbocycles. The lowest BCUT2D eigenvalue weighted by atomic mass is 9.96. The van der Waals surface area contributed by atoms with Crippen LogP contribution in [0.5, 0.6) is 0 Å². The monoisotopic (exact) mass is 778 g/mol. The second-order valence-electron chi connectivity index (χ2n) is 14.3. The Morgan fingerprint density at radius 1 is 0.860 bits per heavy atom. The average molecular weight is 779 g/mol. The highest BCUT2D eigenvalue weighted by atomic mass is 16.6. The molecular weight excluding hydrogens is 736 g/mol. The van der Waals surface area contributed by atoms with Gasteiger partial charge in [0.15, 0.2) is 6.73 Å². The molecule has 0 radical (unpaired) electrons. The number of aromatic nitrogens is 5. The van der Waals surface area contributed by atoms with E-state index in [0.717, 1.165) is 29.5 Å². The highest BCUT2D eigenvalue weighted by Crippen LogP contribution is 2.37. The maximum Gasteiger partial charge on any atom is 0.349 e. The van der Waals surface area contributed by atoms with Gasteiger partial charge in [-0.3, -0.25) is 14.0 Å². The molecule has 57 heavy (non-hydrogen) atoms. The molecule has 1 fully saturated rings. The van der Waals surface area contributed by atoms with Crippen LogP contribution in [0.25, 0.3) is 22.3 Å². The number of nitriles is 1. The Bertz CT molecular complexity index is 2160. The van der Waals surface area contributed by atoms with E-state index >= 15 is 0 Å². The van der Waals surface area contributed by atoms with Gasteiger partial charge in [-0.15, -0.1) is 0 Å². The third-order valence-electron chi connectivity index (χ3n) is 9.21. The molecule has 296 valence electrons. The van der Waals surface area contributed by atoms with E-state index in [1.165, 1.54) is 67.7 Å². The number of carboxylic acid groups (broad SMARTS) is 2. The molecule has 3 heterocycles. The molecule has 6 rings (SSSR count). The molecule has 5 aromatic rings. The summed E-state index contributed by atoms with van der Waals surface area (Å²) in [6.45, 7) is 5.58. The molecule has 2 N–H and O–H groups in total. The number of aliphatic carboxylic acids is 2. The molecule has 16 heteroatoms. The van der Waals surface area contributed by atoms with E-state index in [2.05, 4.69) is 21.1 Å². The van der Waals surface area contributed by atoms with Crippen molar-refractivity contribution in [3.63, 3.8) is 0 Å². The molecule has 3 aromatic heterocycles. The molecule has 0 bridgehead atoms. The van der Waals surface area contributed by atoms with Crippen molar-refractivity contribution in [1.29, 1.82) is 5.26 Å². The third-order valence-corrected chi connectivity index (χ3v) is 9.21. The SMILES string of the molecule is CC(C)(C)C(=O)OCn1ccc2c(-c3cnn([C@H](CC#N)C4CCCC4)c3)ncnc21.O=C(OC(C(=O)O)C(OC(=O)c1ccccc1)C(=O)O)c1ccccc1. The zero-order chi connectivity index (χ0) is 41.1. The molecule has 3 atom stereocenters. The van der Waals surface area contributed by atoms with Crippen molar-refractivity contribution in [1.82, 2.24) is 24.3 Å². The number of carboxylic acids is 2. The number of carbonyl (C=O) groups is 5. The van der Waals surface area contributed by atoms with Crippen molar-refractivity contribution >= 4 is 40.9 Å². The average Bonchev–Trinajstić information content (AvgIpc) is 4.00. The van der Waals surface area contributed by atoms with Crippen molar-refractivity contribution in [2.75, 3.05) is 0 Å². The van der Waals surface area contributed by atoms with E-state index in [0.29, 0.717) is 18.0 Å². The van der Waals surface area contributed by atoms with Crippen molar-refractivity contribution in [3.05, 3.63) is 103 Å². The summed E-state index contributed by atoms with van der Waals surface area (Å²) in [5, 5.41) is 33.2. The number of hydrogen-bond donors (Lipinski definition) is 2. The summed E-state index contributed by atoms with van der Waals surface area (Å²) in [4.78, 5) is 67.8. The van der Waals surface area contributed by atoms with Crippen LogP contribution in [0, 0.1) is 22.7 Å². The molecule has 16 nitrogen and oxygen atoms in total.